The highest BCUT2D eigenvalue weighted by molar-refractivity contribution is 9.10. The van der Waals surface area contributed by atoms with E-state index in [0.717, 1.165) is 18.2 Å². The highest BCUT2D eigenvalue weighted by Crippen LogP contribution is 2.38. The number of nitriles is 1. The van der Waals surface area contributed by atoms with E-state index in [4.69, 9.17) is 14.6 Å². The molecule has 0 aliphatic heterocycles. The van der Waals surface area contributed by atoms with Gasteiger partial charge in [0, 0.05) is 5.69 Å². The summed E-state index contributed by atoms with van der Waals surface area (Å²) in [7, 11) is 1.39. The molecule has 3 rings (SSSR count). The largest absolute Gasteiger partial charge is 0.493 e. The summed E-state index contributed by atoms with van der Waals surface area (Å²) < 4.78 is 50.4. The molecule has 7 nitrogen and oxygen atoms in total. The van der Waals surface area contributed by atoms with Gasteiger partial charge in [-0.05, 0) is 75.6 Å². The maximum Gasteiger partial charge on any atom is 0.416 e. The Labute approximate surface area is 217 Å². The Hall–Kier alpha value is -4.30. The van der Waals surface area contributed by atoms with Crippen molar-refractivity contribution >= 4 is 39.6 Å². The van der Waals surface area contributed by atoms with E-state index >= 15 is 0 Å². The lowest BCUT2D eigenvalue weighted by atomic mass is 10.1. The van der Waals surface area contributed by atoms with Gasteiger partial charge in [0.1, 0.15) is 18.2 Å². The van der Waals surface area contributed by atoms with Crippen LogP contribution in [-0.2, 0) is 17.6 Å². The monoisotopic (exact) mass is 574 g/mol. The molecule has 0 atom stereocenters. The zero-order chi connectivity index (χ0) is 27.2. The van der Waals surface area contributed by atoms with Crippen molar-refractivity contribution in [1.29, 1.82) is 5.26 Å². The molecular weight excluding hydrogens is 557 g/mol. The molecule has 2 N–H and O–H groups in total. The van der Waals surface area contributed by atoms with Crippen LogP contribution in [0.3, 0.4) is 0 Å². The van der Waals surface area contributed by atoms with E-state index in [1.165, 1.54) is 37.5 Å². The first-order valence-electron chi connectivity index (χ1n) is 10.4. The molecule has 0 bridgehead atoms. The van der Waals surface area contributed by atoms with Crippen LogP contribution in [-0.4, -0.2) is 24.1 Å². The molecule has 0 radical (unpaired) electrons. The third kappa shape index (κ3) is 7.11. The van der Waals surface area contributed by atoms with Crippen molar-refractivity contribution in [2.24, 2.45) is 0 Å². The summed E-state index contributed by atoms with van der Waals surface area (Å²) in [6.07, 6.45) is -3.34. The number of carbonyl (C=O) groups excluding carboxylic acids is 1. The Morgan fingerprint density at radius 1 is 1.14 bits per heavy atom. The molecule has 0 heterocycles. The number of carboxylic acids is 1. The van der Waals surface area contributed by atoms with Crippen molar-refractivity contribution in [3.63, 3.8) is 0 Å². The first-order chi connectivity index (χ1) is 17.5. The van der Waals surface area contributed by atoms with E-state index in [9.17, 15) is 28.0 Å². The van der Waals surface area contributed by atoms with Crippen molar-refractivity contribution < 1.29 is 37.3 Å². The molecule has 190 valence electrons. The summed E-state index contributed by atoms with van der Waals surface area (Å²) in [6.45, 7) is 0.0358. The average molecular weight is 575 g/mol. The van der Waals surface area contributed by atoms with Crippen molar-refractivity contribution in [1.82, 2.24) is 0 Å². The van der Waals surface area contributed by atoms with E-state index in [2.05, 4.69) is 21.2 Å². The summed E-state index contributed by atoms with van der Waals surface area (Å²) in [6, 6.07) is 15.1. The maximum absolute atomic E-state index is 12.9. The van der Waals surface area contributed by atoms with Gasteiger partial charge in [0.2, 0.25) is 0 Å². The first kappa shape index (κ1) is 27.3. The van der Waals surface area contributed by atoms with Crippen LogP contribution in [0.25, 0.3) is 6.08 Å². The second-order valence-corrected chi connectivity index (χ2v) is 8.39. The Balaban J connectivity index is 1.82. The molecule has 0 aromatic heterocycles. The smallest absolute Gasteiger partial charge is 0.416 e. The molecule has 3 aromatic rings. The van der Waals surface area contributed by atoms with Crippen molar-refractivity contribution in [3.05, 3.63) is 93.0 Å². The van der Waals surface area contributed by atoms with E-state index in [0.29, 0.717) is 21.3 Å². The summed E-state index contributed by atoms with van der Waals surface area (Å²) in [5, 5.41) is 20.9. The zero-order valence-electron chi connectivity index (χ0n) is 19.1. The average Bonchev–Trinajstić information content (AvgIpc) is 2.86. The number of ether oxygens (including phenoxy) is 2. The van der Waals surface area contributed by atoms with Crippen LogP contribution >= 0.6 is 15.9 Å². The van der Waals surface area contributed by atoms with Crippen LogP contribution < -0.4 is 14.8 Å². The number of aromatic carboxylic acids is 1. The number of carboxylic acid groups (broad SMARTS) is 1. The molecule has 0 fully saturated rings. The molecule has 0 unspecified atom stereocenters. The third-order valence-electron chi connectivity index (χ3n) is 4.93. The van der Waals surface area contributed by atoms with Gasteiger partial charge in [0.25, 0.3) is 5.91 Å². The van der Waals surface area contributed by atoms with Gasteiger partial charge in [0.15, 0.2) is 11.5 Å². The molecule has 0 aliphatic carbocycles. The number of nitrogens with zero attached hydrogens (tertiary/aromatic N) is 1. The van der Waals surface area contributed by atoms with Crippen LogP contribution in [0.2, 0.25) is 0 Å². The fraction of sp³-hybridized carbons (Fsp3) is 0.115. The summed E-state index contributed by atoms with van der Waals surface area (Å²) >= 11 is 3.36. The predicted molar refractivity (Wildman–Crippen MR) is 132 cm³/mol. The number of methoxy groups -OCH3 is 1. The number of rotatable bonds is 8. The number of alkyl halides is 3. The molecule has 0 aliphatic rings. The van der Waals surface area contributed by atoms with Gasteiger partial charge in [-0.25, -0.2) is 4.79 Å². The Bertz CT molecular complexity index is 1410. The van der Waals surface area contributed by atoms with Crippen molar-refractivity contribution in [2.45, 2.75) is 12.8 Å². The molecule has 37 heavy (non-hydrogen) atoms. The lowest BCUT2D eigenvalue weighted by Gasteiger charge is -2.14. The molecule has 0 saturated heterocycles. The second-order valence-electron chi connectivity index (χ2n) is 7.53. The summed E-state index contributed by atoms with van der Waals surface area (Å²) in [5.41, 5.74) is -0.316. The van der Waals surface area contributed by atoms with Crippen molar-refractivity contribution in [3.8, 4) is 17.6 Å². The number of hydrogen-bond acceptors (Lipinski definition) is 5. The molecule has 11 heteroatoms. The quantitative estimate of drug-likeness (QED) is 0.241. The van der Waals surface area contributed by atoms with Crippen LogP contribution in [0, 0.1) is 11.3 Å². The number of halogens is 4. The molecule has 0 saturated carbocycles. The first-order valence-corrected chi connectivity index (χ1v) is 11.2. The highest BCUT2D eigenvalue weighted by atomic mass is 79.9. The lowest BCUT2D eigenvalue weighted by molar-refractivity contribution is -0.137. The summed E-state index contributed by atoms with van der Waals surface area (Å²) in [4.78, 5) is 23.7. The standard InChI is InChI=1S/C26H18BrF3N2O5/c1-36-22-11-16(10-21(27)23(22)37-14-15-4-2-5-17(8-15)25(34)35)9-18(13-31)24(33)32-20-7-3-6-19(12-20)26(28,29)30/h2-12H,14H2,1H3,(H,32,33)(H,34,35)/b18-9-. The van der Waals surface area contributed by atoms with Crippen LogP contribution in [0.1, 0.15) is 27.0 Å². The van der Waals surface area contributed by atoms with Gasteiger partial charge in [-0.2, -0.15) is 18.4 Å². The fourth-order valence-electron chi connectivity index (χ4n) is 3.20. The number of carbonyl (C=O) groups is 2. The van der Waals surface area contributed by atoms with Crippen LogP contribution in [0.4, 0.5) is 18.9 Å². The molecule has 0 spiro atoms. The van der Waals surface area contributed by atoms with Crippen LogP contribution in [0.15, 0.2) is 70.7 Å². The number of hydrogen-bond donors (Lipinski definition) is 2. The van der Waals surface area contributed by atoms with E-state index in [-0.39, 0.29) is 29.2 Å². The minimum absolute atomic E-state index is 0.0358. The summed E-state index contributed by atoms with van der Waals surface area (Å²) in [5.74, 6) is -1.41. The molecular formula is C26H18BrF3N2O5. The number of benzene rings is 3. The normalized spacial score (nSPS) is 11.4. The number of anilines is 1. The number of amides is 1. The van der Waals surface area contributed by atoms with Crippen molar-refractivity contribution in [2.75, 3.05) is 12.4 Å². The lowest BCUT2D eigenvalue weighted by Crippen LogP contribution is -2.14. The van der Waals surface area contributed by atoms with Crippen LogP contribution in [0.5, 0.6) is 11.5 Å². The Kier molecular flexibility index (Phi) is 8.57. The Morgan fingerprint density at radius 3 is 2.51 bits per heavy atom. The van der Waals surface area contributed by atoms with Gasteiger partial charge in [0.05, 0.1) is 22.7 Å². The number of nitrogens with one attached hydrogen (secondary N) is 1. The van der Waals surface area contributed by atoms with E-state index < -0.39 is 23.6 Å². The minimum Gasteiger partial charge on any atom is -0.493 e. The van der Waals surface area contributed by atoms with Gasteiger partial charge >= 0.3 is 12.1 Å². The SMILES string of the molecule is COc1cc(/C=C(/C#N)C(=O)Nc2cccc(C(F)(F)F)c2)cc(Br)c1OCc1cccc(C(=O)O)c1. The fourth-order valence-corrected chi connectivity index (χ4v) is 3.77. The van der Waals surface area contributed by atoms with Gasteiger partial charge in [-0.3, -0.25) is 4.79 Å². The van der Waals surface area contributed by atoms with Gasteiger partial charge in [-0.15, -0.1) is 0 Å². The molecule has 3 aromatic carbocycles. The van der Waals surface area contributed by atoms with Gasteiger partial charge in [-0.1, -0.05) is 18.2 Å². The zero-order valence-corrected chi connectivity index (χ0v) is 20.7. The molecule has 1 amide bonds. The highest BCUT2D eigenvalue weighted by Gasteiger charge is 2.30. The Morgan fingerprint density at radius 2 is 1.86 bits per heavy atom. The maximum atomic E-state index is 12.9. The third-order valence-corrected chi connectivity index (χ3v) is 5.52. The minimum atomic E-state index is -4.58. The second kappa shape index (κ2) is 11.6. The van der Waals surface area contributed by atoms with E-state index in [1.54, 1.807) is 24.3 Å². The topological polar surface area (TPSA) is 109 Å². The van der Waals surface area contributed by atoms with E-state index in [1.807, 2.05) is 0 Å². The predicted octanol–water partition coefficient (Wildman–Crippen LogP) is 6.30. The van der Waals surface area contributed by atoms with Gasteiger partial charge < -0.3 is 19.9 Å².